The molecule has 0 N–H and O–H groups in total. The van der Waals surface area contributed by atoms with Gasteiger partial charge in [-0.1, -0.05) is 18.2 Å². The summed E-state index contributed by atoms with van der Waals surface area (Å²) >= 11 is 1.23. The Balaban J connectivity index is 1.84. The van der Waals surface area contributed by atoms with Gasteiger partial charge in [-0.2, -0.15) is 13.2 Å². The molecule has 2 rings (SSSR count). The van der Waals surface area contributed by atoms with Gasteiger partial charge in [0.25, 0.3) is 0 Å². The second-order valence-electron chi connectivity index (χ2n) is 4.72. The van der Waals surface area contributed by atoms with Crippen molar-refractivity contribution >= 4 is 21.6 Å². The number of aromatic nitrogens is 1. The lowest BCUT2D eigenvalue weighted by molar-refractivity contribution is -0.137. The second kappa shape index (κ2) is 7.35. The largest absolute Gasteiger partial charge is 0.417 e. The van der Waals surface area contributed by atoms with E-state index >= 15 is 0 Å². The van der Waals surface area contributed by atoms with Crippen LogP contribution in [0.5, 0.6) is 0 Å². The van der Waals surface area contributed by atoms with Crippen LogP contribution in [0.4, 0.5) is 13.2 Å². The molecule has 3 nitrogen and oxygen atoms in total. The highest BCUT2D eigenvalue weighted by Crippen LogP contribution is 2.29. The first-order chi connectivity index (χ1) is 10.8. The van der Waals surface area contributed by atoms with Crippen molar-refractivity contribution in [3.63, 3.8) is 0 Å². The minimum Gasteiger partial charge on any atom is -0.249 e. The smallest absolute Gasteiger partial charge is 0.249 e. The molecule has 0 atom stereocenters. The standard InChI is InChI=1S/C15H14F3NO2S2/c16-15(17,18)12-7-8-14(19-11-12)22-9-4-10-23(20,21)13-5-2-1-3-6-13/h1-3,5-8,11H,4,9-10H2. The fourth-order valence-corrected chi connectivity index (χ4v) is 4.11. The highest BCUT2D eigenvalue weighted by molar-refractivity contribution is 7.99. The predicted octanol–water partition coefficient (Wildman–Crippen LogP) is 4.06. The fraction of sp³-hybridized carbons (Fsp3) is 0.267. The molecule has 0 aliphatic heterocycles. The van der Waals surface area contributed by atoms with E-state index in [1.807, 2.05) is 0 Å². The van der Waals surface area contributed by atoms with Crippen LogP contribution in [0.15, 0.2) is 58.6 Å². The van der Waals surface area contributed by atoms with Gasteiger partial charge in [0.1, 0.15) is 0 Å². The molecule has 0 fully saturated rings. The van der Waals surface area contributed by atoms with Crippen molar-refractivity contribution in [2.75, 3.05) is 11.5 Å². The van der Waals surface area contributed by atoms with E-state index in [4.69, 9.17) is 0 Å². The molecule has 0 radical (unpaired) electrons. The molecule has 0 spiro atoms. The summed E-state index contributed by atoms with van der Waals surface area (Å²) in [7, 11) is -3.32. The molecule has 2 aromatic rings. The van der Waals surface area contributed by atoms with E-state index in [-0.39, 0.29) is 10.6 Å². The monoisotopic (exact) mass is 361 g/mol. The highest BCUT2D eigenvalue weighted by Gasteiger charge is 2.30. The summed E-state index contributed by atoms with van der Waals surface area (Å²) in [6.45, 7) is 0. The normalized spacial score (nSPS) is 12.3. The molecule has 0 unspecified atom stereocenters. The van der Waals surface area contributed by atoms with Gasteiger partial charge in [0.05, 0.1) is 21.2 Å². The van der Waals surface area contributed by atoms with Crippen LogP contribution in [0, 0.1) is 0 Å². The molecule has 1 aromatic heterocycles. The maximum Gasteiger partial charge on any atom is 0.417 e. The van der Waals surface area contributed by atoms with Gasteiger partial charge >= 0.3 is 6.18 Å². The molecule has 23 heavy (non-hydrogen) atoms. The number of sulfone groups is 1. The number of halogens is 3. The number of thioether (sulfide) groups is 1. The van der Waals surface area contributed by atoms with E-state index in [0.29, 0.717) is 17.2 Å². The topological polar surface area (TPSA) is 47.0 Å². The molecule has 0 bridgehead atoms. The van der Waals surface area contributed by atoms with Crippen LogP contribution in [0.3, 0.4) is 0 Å². The summed E-state index contributed by atoms with van der Waals surface area (Å²) in [6.07, 6.45) is -3.23. The zero-order chi connectivity index (χ0) is 16.9. The van der Waals surface area contributed by atoms with E-state index in [0.717, 1.165) is 12.3 Å². The van der Waals surface area contributed by atoms with Crippen molar-refractivity contribution in [1.29, 1.82) is 0 Å². The number of nitrogens with zero attached hydrogens (tertiary/aromatic N) is 1. The summed E-state index contributed by atoms with van der Waals surface area (Å²) < 4.78 is 61.3. The van der Waals surface area contributed by atoms with Crippen molar-refractivity contribution in [3.8, 4) is 0 Å². The first kappa shape index (κ1) is 17.8. The second-order valence-corrected chi connectivity index (χ2v) is 7.94. The maximum absolute atomic E-state index is 12.4. The van der Waals surface area contributed by atoms with Crippen LogP contribution in [0.2, 0.25) is 0 Å². The van der Waals surface area contributed by atoms with Crippen LogP contribution in [-0.2, 0) is 16.0 Å². The third kappa shape index (κ3) is 5.24. The average molecular weight is 361 g/mol. The molecule has 8 heteroatoms. The summed E-state index contributed by atoms with van der Waals surface area (Å²) in [5, 5.41) is 0.440. The summed E-state index contributed by atoms with van der Waals surface area (Å²) in [5.41, 5.74) is -0.798. The first-order valence-corrected chi connectivity index (χ1v) is 9.37. The molecule has 1 heterocycles. The zero-order valence-corrected chi connectivity index (χ0v) is 13.6. The number of rotatable bonds is 6. The van der Waals surface area contributed by atoms with Gasteiger partial charge < -0.3 is 0 Å². The number of pyridine rings is 1. The number of hydrogen-bond acceptors (Lipinski definition) is 4. The number of benzene rings is 1. The minimum atomic E-state index is -4.40. The van der Waals surface area contributed by atoms with E-state index in [9.17, 15) is 21.6 Å². The Labute approximate surface area is 136 Å². The van der Waals surface area contributed by atoms with Crippen molar-refractivity contribution < 1.29 is 21.6 Å². The van der Waals surface area contributed by atoms with E-state index in [2.05, 4.69) is 4.98 Å². The van der Waals surface area contributed by atoms with Crippen LogP contribution >= 0.6 is 11.8 Å². The molecule has 0 saturated carbocycles. The Hall–Kier alpha value is -1.54. The summed E-state index contributed by atoms with van der Waals surface area (Å²) in [6, 6.07) is 10.4. The summed E-state index contributed by atoms with van der Waals surface area (Å²) in [5.74, 6) is 0.453. The lowest BCUT2D eigenvalue weighted by Gasteiger charge is -2.07. The van der Waals surface area contributed by atoms with Crippen LogP contribution < -0.4 is 0 Å². The Morgan fingerprint density at radius 3 is 2.30 bits per heavy atom. The van der Waals surface area contributed by atoms with Gasteiger partial charge in [0.2, 0.25) is 0 Å². The van der Waals surface area contributed by atoms with Crippen molar-refractivity contribution in [2.45, 2.75) is 22.5 Å². The molecule has 1 aromatic carbocycles. The zero-order valence-electron chi connectivity index (χ0n) is 12.0. The lowest BCUT2D eigenvalue weighted by Crippen LogP contribution is -2.07. The number of alkyl halides is 3. The quantitative estimate of drug-likeness (QED) is 0.575. The molecular formula is C15H14F3NO2S2. The highest BCUT2D eigenvalue weighted by atomic mass is 32.2. The third-order valence-electron chi connectivity index (χ3n) is 2.97. The lowest BCUT2D eigenvalue weighted by atomic mass is 10.3. The fourth-order valence-electron chi connectivity index (χ4n) is 1.80. The van der Waals surface area contributed by atoms with Gasteiger partial charge in [0, 0.05) is 11.9 Å². The van der Waals surface area contributed by atoms with Gasteiger partial charge in [-0.3, -0.25) is 0 Å². The van der Waals surface area contributed by atoms with Crippen LogP contribution in [-0.4, -0.2) is 24.9 Å². The molecule has 0 aliphatic rings. The Morgan fingerprint density at radius 1 is 1.04 bits per heavy atom. The van der Waals surface area contributed by atoms with Gasteiger partial charge in [-0.15, -0.1) is 11.8 Å². The number of hydrogen-bond donors (Lipinski definition) is 0. The first-order valence-electron chi connectivity index (χ1n) is 6.73. The van der Waals surface area contributed by atoms with E-state index < -0.39 is 21.6 Å². The SMILES string of the molecule is O=S(=O)(CCCSc1ccc(C(F)(F)F)cn1)c1ccccc1. The average Bonchev–Trinajstić information content (AvgIpc) is 2.52. The van der Waals surface area contributed by atoms with Crippen LogP contribution in [0.1, 0.15) is 12.0 Å². The molecular weight excluding hydrogens is 347 g/mol. The molecule has 0 amide bonds. The van der Waals surface area contributed by atoms with Crippen molar-refractivity contribution in [1.82, 2.24) is 4.98 Å². The Bertz CT molecular complexity index is 730. The van der Waals surface area contributed by atoms with Crippen molar-refractivity contribution in [3.05, 3.63) is 54.2 Å². The van der Waals surface area contributed by atoms with E-state index in [1.165, 1.54) is 17.8 Å². The predicted molar refractivity (Wildman–Crippen MR) is 83.1 cm³/mol. The van der Waals surface area contributed by atoms with Gasteiger partial charge in [0.15, 0.2) is 9.84 Å². The van der Waals surface area contributed by atoms with E-state index in [1.54, 1.807) is 30.3 Å². The Morgan fingerprint density at radius 2 is 1.74 bits per heavy atom. The van der Waals surface area contributed by atoms with Gasteiger partial charge in [-0.25, -0.2) is 13.4 Å². The van der Waals surface area contributed by atoms with Gasteiger partial charge in [-0.05, 0) is 30.7 Å². The Kier molecular flexibility index (Phi) is 5.69. The summed E-state index contributed by atoms with van der Waals surface area (Å²) in [4.78, 5) is 4.01. The molecule has 0 aliphatic carbocycles. The minimum absolute atomic E-state index is 0.00928. The third-order valence-corrected chi connectivity index (χ3v) is 5.82. The molecule has 0 saturated heterocycles. The van der Waals surface area contributed by atoms with Crippen LogP contribution in [0.25, 0.3) is 0 Å². The molecule has 124 valence electrons. The maximum atomic E-state index is 12.4. The van der Waals surface area contributed by atoms with Crippen molar-refractivity contribution in [2.24, 2.45) is 0 Å².